The second-order valence-corrected chi connectivity index (χ2v) is 5.53. The second kappa shape index (κ2) is 4.97. The van der Waals surface area contributed by atoms with Crippen molar-refractivity contribution in [2.75, 3.05) is 0 Å². The van der Waals surface area contributed by atoms with Gasteiger partial charge in [-0.1, -0.05) is 35.3 Å². The van der Waals surface area contributed by atoms with E-state index in [4.69, 9.17) is 23.2 Å². The molecule has 0 fully saturated rings. The summed E-state index contributed by atoms with van der Waals surface area (Å²) >= 11 is 12.0. The second-order valence-electron chi connectivity index (χ2n) is 4.65. The number of hydrogen-bond donors (Lipinski definition) is 1. The summed E-state index contributed by atoms with van der Waals surface area (Å²) in [5.41, 5.74) is 2.98. The van der Waals surface area contributed by atoms with E-state index >= 15 is 0 Å². The van der Waals surface area contributed by atoms with Crippen LogP contribution in [-0.2, 0) is 0 Å². The molecule has 0 aliphatic rings. The number of nitrogens with one attached hydrogen (secondary N) is 1. The molecule has 0 amide bonds. The monoisotopic (exact) mass is 303 g/mol. The number of aromatic amines is 1. The number of halogens is 2. The highest BCUT2D eigenvalue weighted by Gasteiger charge is 2.12. The SMILES string of the molecule is Cc1[nH]c2ccc(Cl)cc2c(=O)c1-c1cccc(Cl)c1. The van der Waals surface area contributed by atoms with Crippen molar-refractivity contribution < 1.29 is 0 Å². The van der Waals surface area contributed by atoms with Gasteiger partial charge in [0.15, 0.2) is 5.43 Å². The van der Waals surface area contributed by atoms with Gasteiger partial charge in [-0.05, 0) is 42.8 Å². The molecule has 3 rings (SSSR count). The highest BCUT2D eigenvalue weighted by atomic mass is 35.5. The van der Waals surface area contributed by atoms with Crippen molar-refractivity contribution in [1.82, 2.24) is 4.98 Å². The highest BCUT2D eigenvalue weighted by Crippen LogP contribution is 2.25. The van der Waals surface area contributed by atoms with E-state index in [1.54, 1.807) is 24.3 Å². The minimum Gasteiger partial charge on any atom is -0.358 e. The van der Waals surface area contributed by atoms with Gasteiger partial charge in [-0.15, -0.1) is 0 Å². The Morgan fingerprint density at radius 3 is 2.50 bits per heavy atom. The van der Waals surface area contributed by atoms with Crippen molar-refractivity contribution in [3.8, 4) is 11.1 Å². The Morgan fingerprint density at radius 1 is 1.00 bits per heavy atom. The van der Waals surface area contributed by atoms with E-state index in [-0.39, 0.29) is 5.43 Å². The first kappa shape index (κ1) is 13.2. The zero-order chi connectivity index (χ0) is 14.3. The van der Waals surface area contributed by atoms with Crippen LogP contribution >= 0.6 is 23.2 Å². The molecule has 4 heteroatoms. The van der Waals surface area contributed by atoms with Gasteiger partial charge in [-0.25, -0.2) is 0 Å². The van der Waals surface area contributed by atoms with Gasteiger partial charge in [-0.3, -0.25) is 4.79 Å². The van der Waals surface area contributed by atoms with Crippen molar-refractivity contribution >= 4 is 34.1 Å². The molecule has 0 spiro atoms. The molecule has 0 bridgehead atoms. The average Bonchev–Trinajstić information content (AvgIpc) is 2.40. The fraction of sp³-hybridized carbons (Fsp3) is 0.0625. The van der Waals surface area contributed by atoms with Gasteiger partial charge in [0.1, 0.15) is 0 Å². The molecule has 0 atom stereocenters. The van der Waals surface area contributed by atoms with Crippen molar-refractivity contribution in [3.05, 3.63) is 68.4 Å². The summed E-state index contributed by atoms with van der Waals surface area (Å²) in [7, 11) is 0. The molecule has 0 aliphatic carbocycles. The number of aryl methyl sites for hydroxylation is 1. The molecule has 1 heterocycles. The van der Waals surface area contributed by atoms with Crippen LogP contribution in [0.5, 0.6) is 0 Å². The van der Waals surface area contributed by atoms with Crippen LogP contribution in [-0.4, -0.2) is 4.98 Å². The molecule has 1 N–H and O–H groups in total. The lowest BCUT2D eigenvalue weighted by Crippen LogP contribution is -2.09. The number of aromatic nitrogens is 1. The Balaban J connectivity index is 2.39. The van der Waals surface area contributed by atoms with Gasteiger partial charge in [0.2, 0.25) is 0 Å². The lowest BCUT2D eigenvalue weighted by atomic mass is 10.0. The third-order valence-corrected chi connectivity index (χ3v) is 3.73. The molecule has 3 aromatic rings. The van der Waals surface area contributed by atoms with Gasteiger partial charge in [0, 0.05) is 32.2 Å². The largest absolute Gasteiger partial charge is 0.358 e. The minimum absolute atomic E-state index is 0.0407. The van der Waals surface area contributed by atoms with Gasteiger partial charge in [-0.2, -0.15) is 0 Å². The molecule has 0 saturated heterocycles. The summed E-state index contributed by atoms with van der Waals surface area (Å²) in [5, 5.41) is 1.73. The summed E-state index contributed by atoms with van der Waals surface area (Å²) in [6.45, 7) is 1.88. The molecule has 0 unspecified atom stereocenters. The van der Waals surface area contributed by atoms with E-state index in [1.165, 1.54) is 0 Å². The van der Waals surface area contributed by atoms with Crippen LogP contribution < -0.4 is 5.43 Å². The number of H-pyrrole nitrogens is 1. The summed E-state index contributed by atoms with van der Waals surface area (Å²) in [6, 6.07) is 12.5. The number of rotatable bonds is 1. The number of fused-ring (bicyclic) bond motifs is 1. The number of benzene rings is 2. The maximum atomic E-state index is 12.7. The van der Waals surface area contributed by atoms with Crippen LogP contribution in [0.3, 0.4) is 0 Å². The zero-order valence-corrected chi connectivity index (χ0v) is 12.2. The van der Waals surface area contributed by atoms with E-state index < -0.39 is 0 Å². The first-order valence-electron chi connectivity index (χ1n) is 6.14. The maximum absolute atomic E-state index is 12.7. The molecule has 100 valence electrons. The Kier molecular flexibility index (Phi) is 3.28. The molecule has 2 aromatic carbocycles. The fourth-order valence-electron chi connectivity index (χ4n) is 2.37. The standard InChI is InChI=1S/C16H11Cl2NO/c1-9-15(10-3-2-4-11(17)7-10)16(20)13-8-12(18)5-6-14(13)19-9/h2-8H,1H3,(H,19,20). The summed E-state index contributed by atoms with van der Waals surface area (Å²) in [4.78, 5) is 15.9. The van der Waals surface area contributed by atoms with Crippen LogP contribution in [0.1, 0.15) is 5.69 Å². The molecular weight excluding hydrogens is 293 g/mol. The van der Waals surface area contributed by atoms with Crippen LogP contribution in [0, 0.1) is 6.92 Å². The Bertz CT molecular complexity index is 868. The highest BCUT2D eigenvalue weighted by molar-refractivity contribution is 6.31. The van der Waals surface area contributed by atoms with Crippen LogP contribution in [0.15, 0.2) is 47.3 Å². The summed E-state index contributed by atoms with van der Waals surface area (Å²) in [5.74, 6) is 0. The van der Waals surface area contributed by atoms with Crippen molar-refractivity contribution in [2.24, 2.45) is 0 Å². The lowest BCUT2D eigenvalue weighted by molar-refractivity contribution is 1.24. The molecule has 20 heavy (non-hydrogen) atoms. The predicted octanol–water partition coefficient (Wildman–Crippen LogP) is 4.81. The topological polar surface area (TPSA) is 32.9 Å². The van der Waals surface area contributed by atoms with Crippen LogP contribution in [0.4, 0.5) is 0 Å². The first-order chi connectivity index (χ1) is 9.56. The maximum Gasteiger partial charge on any atom is 0.197 e. The zero-order valence-electron chi connectivity index (χ0n) is 10.7. The molecular formula is C16H11Cl2NO. The van der Waals surface area contributed by atoms with Crippen molar-refractivity contribution in [1.29, 1.82) is 0 Å². The predicted molar refractivity (Wildman–Crippen MR) is 84.8 cm³/mol. The van der Waals surface area contributed by atoms with Crippen molar-refractivity contribution in [2.45, 2.75) is 6.92 Å². The van der Waals surface area contributed by atoms with Gasteiger partial charge in [0.05, 0.1) is 0 Å². The Morgan fingerprint density at radius 2 is 1.75 bits per heavy atom. The van der Waals surface area contributed by atoms with Gasteiger partial charge < -0.3 is 4.98 Å². The Labute approximate surface area is 126 Å². The van der Waals surface area contributed by atoms with E-state index in [1.807, 2.05) is 25.1 Å². The minimum atomic E-state index is -0.0407. The molecule has 2 nitrogen and oxygen atoms in total. The molecule has 1 aromatic heterocycles. The Hall–Kier alpha value is -1.77. The normalized spacial score (nSPS) is 10.9. The van der Waals surface area contributed by atoms with Crippen molar-refractivity contribution in [3.63, 3.8) is 0 Å². The molecule has 0 aliphatic heterocycles. The van der Waals surface area contributed by atoms with Gasteiger partial charge in [0.25, 0.3) is 0 Å². The average molecular weight is 304 g/mol. The smallest absolute Gasteiger partial charge is 0.197 e. The summed E-state index contributed by atoms with van der Waals surface area (Å²) in [6.07, 6.45) is 0. The number of hydrogen-bond acceptors (Lipinski definition) is 1. The number of pyridine rings is 1. The third kappa shape index (κ3) is 2.21. The van der Waals surface area contributed by atoms with E-state index in [0.29, 0.717) is 21.0 Å². The summed E-state index contributed by atoms with van der Waals surface area (Å²) < 4.78 is 0. The van der Waals surface area contributed by atoms with Crippen LogP contribution in [0.25, 0.3) is 22.0 Å². The lowest BCUT2D eigenvalue weighted by Gasteiger charge is -2.09. The molecule has 0 radical (unpaired) electrons. The van der Waals surface area contributed by atoms with Crippen LogP contribution in [0.2, 0.25) is 10.0 Å². The van der Waals surface area contributed by atoms with Gasteiger partial charge >= 0.3 is 0 Å². The first-order valence-corrected chi connectivity index (χ1v) is 6.90. The quantitative estimate of drug-likeness (QED) is 0.687. The van der Waals surface area contributed by atoms with E-state index in [0.717, 1.165) is 16.8 Å². The fourth-order valence-corrected chi connectivity index (χ4v) is 2.74. The van der Waals surface area contributed by atoms with E-state index in [9.17, 15) is 4.79 Å². The molecule has 0 saturated carbocycles. The van der Waals surface area contributed by atoms with E-state index in [2.05, 4.69) is 4.98 Å². The third-order valence-electron chi connectivity index (χ3n) is 3.26.